The Bertz CT molecular complexity index is 1310. The Hall–Kier alpha value is -2.95. The maximum Gasteiger partial charge on any atom is 0.308 e. The van der Waals surface area contributed by atoms with E-state index in [1.54, 1.807) is 4.57 Å². The van der Waals surface area contributed by atoms with Crippen LogP contribution in [0.25, 0.3) is 15.9 Å². The van der Waals surface area contributed by atoms with Crippen LogP contribution < -0.4 is 10.2 Å². The molecule has 0 saturated carbocycles. The molecule has 0 unspecified atom stereocenters. The molecule has 33 heavy (non-hydrogen) atoms. The highest BCUT2D eigenvalue weighted by Crippen LogP contribution is 2.24. The molecular formula is C23H23N5O3S2. The summed E-state index contributed by atoms with van der Waals surface area (Å²) in [7, 11) is 0. The van der Waals surface area contributed by atoms with E-state index in [4.69, 9.17) is 4.74 Å². The fourth-order valence-corrected chi connectivity index (χ4v) is 5.54. The smallest absolute Gasteiger partial charge is 0.308 e. The molecule has 8 nitrogen and oxygen atoms in total. The Morgan fingerprint density at radius 3 is 2.79 bits per heavy atom. The van der Waals surface area contributed by atoms with Gasteiger partial charge in [-0.15, -0.1) is 10.2 Å². The first-order chi connectivity index (χ1) is 16.2. The third-order valence-electron chi connectivity index (χ3n) is 5.47. The zero-order chi connectivity index (χ0) is 22.6. The number of nitrogens with one attached hydrogen (secondary N) is 1. The minimum absolute atomic E-state index is 0.0403. The van der Waals surface area contributed by atoms with E-state index in [9.17, 15) is 9.59 Å². The Morgan fingerprint density at radius 2 is 1.97 bits per heavy atom. The SMILES string of the molecule is O=C(CSc1nnc(Cn2c(=O)sc3ccccc32)n1-c1ccccc1)NC[C@H]1CCCO1. The molecule has 170 valence electrons. The van der Waals surface area contributed by atoms with Crippen molar-refractivity contribution >= 4 is 39.2 Å². The number of thioether (sulfide) groups is 1. The maximum absolute atomic E-state index is 12.6. The number of hydrogen-bond donors (Lipinski definition) is 1. The van der Waals surface area contributed by atoms with Gasteiger partial charge in [0.2, 0.25) is 5.91 Å². The normalized spacial score (nSPS) is 15.8. The number of fused-ring (bicyclic) bond motifs is 1. The zero-order valence-electron chi connectivity index (χ0n) is 17.8. The molecule has 1 saturated heterocycles. The summed E-state index contributed by atoms with van der Waals surface area (Å²) < 4.78 is 10.1. The number of carbonyl (C=O) groups is 1. The highest BCUT2D eigenvalue weighted by atomic mass is 32.2. The van der Waals surface area contributed by atoms with Crippen molar-refractivity contribution in [2.24, 2.45) is 0 Å². The van der Waals surface area contributed by atoms with E-state index in [0.717, 1.165) is 35.4 Å². The fraction of sp³-hybridized carbons (Fsp3) is 0.304. The summed E-state index contributed by atoms with van der Waals surface area (Å²) in [5.74, 6) is 0.785. The van der Waals surface area contributed by atoms with Gasteiger partial charge in [0.25, 0.3) is 0 Å². The van der Waals surface area contributed by atoms with Crippen molar-refractivity contribution in [2.45, 2.75) is 30.6 Å². The average molecular weight is 482 g/mol. The van der Waals surface area contributed by atoms with Crippen LogP contribution in [0, 0.1) is 0 Å². The monoisotopic (exact) mass is 481 g/mol. The molecular weight excluding hydrogens is 458 g/mol. The van der Waals surface area contributed by atoms with Crippen molar-refractivity contribution in [3.63, 3.8) is 0 Å². The van der Waals surface area contributed by atoms with Gasteiger partial charge < -0.3 is 10.1 Å². The highest BCUT2D eigenvalue weighted by molar-refractivity contribution is 7.99. The Kier molecular flexibility index (Phi) is 6.56. The zero-order valence-corrected chi connectivity index (χ0v) is 19.5. The molecule has 0 radical (unpaired) electrons. The first-order valence-electron chi connectivity index (χ1n) is 10.8. The molecule has 0 spiro atoms. The van der Waals surface area contributed by atoms with Gasteiger partial charge in [-0.2, -0.15) is 0 Å². The average Bonchev–Trinajstić information content (AvgIpc) is 3.57. The summed E-state index contributed by atoms with van der Waals surface area (Å²) >= 11 is 2.54. The Morgan fingerprint density at radius 1 is 1.15 bits per heavy atom. The molecule has 3 heterocycles. The third kappa shape index (κ3) is 4.87. The predicted octanol–water partition coefficient (Wildman–Crippen LogP) is 3.08. The molecule has 0 aliphatic carbocycles. The fourth-order valence-electron chi connectivity index (χ4n) is 3.85. The lowest BCUT2D eigenvalue weighted by Gasteiger charge is -2.12. The van der Waals surface area contributed by atoms with E-state index in [-0.39, 0.29) is 29.2 Å². The van der Waals surface area contributed by atoms with Crippen LogP contribution >= 0.6 is 23.1 Å². The summed E-state index contributed by atoms with van der Waals surface area (Å²) in [4.78, 5) is 25.0. The van der Waals surface area contributed by atoms with E-state index >= 15 is 0 Å². The summed E-state index contributed by atoms with van der Waals surface area (Å²) in [6.45, 7) is 1.58. The molecule has 1 fully saturated rings. The number of benzene rings is 2. The standard InChI is InChI=1S/C23H23N5O3S2/c29-21(24-13-17-9-6-12-31-17)15-32-22-26-25-20(28(22)16-7-2-1-3-8-16)14-27-18-10-4-5-11-19(18)33-23(27)30/h1-5,7-8,10-11,17H,6,9,12-15H2,(H,24,29)/t17-/m1/s1. The minimum Gasteiger partial charge on any atom is -0.376 e. The first-order valence-corrected chi connectivity index (χ1v) is 12.6. The maximum atomic E-state index is 12.6. The van der Waals surface area contributed by atoms with Crippen LogP contribution in [0.5, 0.6) is 0 Å². The van der Waals surface area contributed by atoms with E-state index in [0.29, 0.717) is 17.5 Å². The van der Waals surface area contributed by atoms with Gasteiger partial charge in [0, 0.05) is 18.8 Å². The highest BCUT2D eigenvalue weighted by Gasteiger charge is 2.19. The van der Waals surface area contributed by atoms with E-state index in [1.165, 1.54) is 23.1 Å². The lowest BCUT2D eigenvalue weighted by atomic mass is 10.2. The molecule has 1 N–H and O–H groups in total. The van der Waals surface area contributed by atoms with Crippen LogP contribution in [0.3, 0.4) is 0 Å². The molecule has 4 aromatic rings. The summed E-state index contributed by atoms with van der Waals surface area (Å²) in [5, 5.41) is 12.3. The third-order valence-corrected chi connectivity index (χ3v) is 7.36. The molecule has 1 amide bonds. The quantitative estimate of drug-likeness (QED) is 0.389. The first kappa shape index (κ1) is 21.9. The number of aromatic nitrogens is 4. The number of nitrogens with zero attached hydrogens (tertiary/aromatic N) is 4. The van der Waals surface area contributed by atoms with E-state index < -0.39 is 0 Å². The van der Waals surface area contributed by atoms with Gasteiger partial charge >= 0.3 is 4.87 Å². The van der Waals surface area contributed by atoms with Crippen LogP contribution in [0.4, 0.5) is 0 Å². The lowest BCUT2D eigenvalue weighted by Crippen LogP contribution is -2.32. The van der Waals surface area contributed by atoms with Crippen LogP contribution in [0.15, 0.2) is 64.5 Å². The van der Waals surface area contributed by atoms with Crippen LogP contribution in [-0.2, 0) is 16.1 Å². The number of hydrogen-bond acceptors (Lipinski definition) is 7. The van der Waals surface area contributed by atoms with Crippen molar-refractivity contribution in [3.8, 4) is 5.69 Å². The minimum atomic E-state index is -0.0697. The number of rotatable bonds is 8. The largest absolute Gasteiger partial charge is 0.376 e. The predicted molar refractivity (Wildman–Crippen MR) is 129 cm³/mol. The van der Waals surface area contributed by atoms with Gasteiger partial charge in [0.15, 0.2) is 11.0 Å². The number of para-hydroxylation sites is 2. The molecule has 2 aromatic heterocycles. The van der Waals surface area contributed by atoms with Gasteiger partial charge in [-0.25, -0.2) is 0 Å². The number of amides is 1. The Labute approximate surface area is 198 Å². The second kappa shape index (κ2) is 9.90. The van der Waals surface area contributed by atoms with Crippen molar-refractivity contribution in [1.82, 2.24) is 24.6 Å². The van der Waals surface area contributed by atoms with Crippen LogP contribution in [0.2, 0.25) is 0 Å². The lowest BCUT2D eigenvalue weighted by molar-refractivity contribution is -0.119. The molecule has 1 atom stereocenters. The number of thiazole rings is 1. The van der Waals surface area contributed by atoms with Crippen molar-refractivity contribution in [2.75, 3.05) is 18.9 Å². The van der Waals surface area contributed by atoms with Gasteiger partial charge in [-0.3, -0.25) is 18.7 Å². The van der Waals surface area contributed by atoms with E-state index in [2.05, 4.69) is 15.5 Å². The van der Waals surface area contributed by atoms with Crippen molar-refractivity contribution in [1.29, 1.82) is 0 Å². The molecule has 1 aliphatic rings. The van der Waals surface area contributed by atoms with Crippen LogP contribution in [0.1, 0.15) is 18.7 Å². The summed E-state index contributed by atoms with van der Waals surface area (Å²) in [5.41, 5.74) is 1.75. The molecule has 5 rings (SSSR count). The van der Waals surface area contributed by atoms with Gasteiger partial charge in [0.05, 0.1) is 28.6 Å². The van der Waals surface area contributed by atoms with Crippen molar-refractivity contribution in [3.05, 3.63) is 70.1 Å². The summed E-state index contributed by atoms with van der Waals surface area (Å²) in [6, 6.07) is 17.5. The van der Waals surface area contributed by atoms with Gasteiger partial charge in [-0.05, 0) is 37.1 Å². The molecule has 10 heteroatoms. The van der Waals surface area contributed by atoms with E-state index in [1.807, 2.05) is 59.2 Å². The number of ether oxygens (including phenoxy) is 1. The molecule has 1 aliphatic heterocycles. The number of carbonyl (C=O) groups excluding carboxylic acids is 1. The summed E-state index contributed by atoms with van der Waals surface area (Å²) in [6.07, 6.45) is 2.13. The van der Waals surface area contributed by atoms with Crippen molar-refractivity contribution < 1.29 is 9.53 Å². The topological polar surface area (TPSA) is 91.0 Å². The Balaban J connectivity index is 1.38. The second-order valence-electron chi connectivity index (χ2n) is 7.72. The molecule has 2 aromatic carbocycles. The van der Waals surface area contributed by atoms with Gasteiger partial charge in [-0.1, -0.05) is 53.4 Å². The second-order valence-corrected chi connectivity index (χ2v) is 9.66. The van der Waals surface area contributed by atoms with Gasteiger partial charge in [0.1, 0.15) is 0 Å². The van der Waals surface area contributed by atoms with Crippen LogP contribution in [-0.4, -0.2) is 50.2 Å². The molecule has 0 bridgehead atoms.